The summed E-state index contributed by atoms with van der Waals surface area (Å²) in [4.78, 5) is 22.8. The van der Waals surface area contributed by atoms with Gasteiger partial charge in [-0.15, -0.1) is 0 Å². The number of ether oxygens (including phenoxy) is 1. The van der Waals surface area contributed by atoms with E-state index in [1.807, 2.05) is 13.8 Å². The van der Waals surface area contributed by atoms with Gasteiger partial charge in [0.2, 0.25) is 0 Å². The quantitative estimate of drug-likeness (QED) is 0.672. The van der Waals surface area contributed by atoms with Gasteiger partial charge in [0.05, 0.1) is 0 Å². The highest BCUT2D eigenvalue weighted by Gasteiger charge is 2.07. The van der Waals surface area contributed by atoms with Crippen LogP contribution in [0.5, 0.6) is 0 Å². The molecule has 0 radical (unpaired) electrons. The molecule has 1 heterocycles. The molecule has 1 rings (SSSR count). The van der Waals surface area contributed by atoms with Crippen LogP contribution in [0.1, 0.15) is 20.3 Å². The van der Waals surface area contributed by atoms with Crippen molar-refractivity contribution < 1.29 is 4.74 Å². The Balaban J connectivity index is 2.65. The van der Waals surface area contributed by atoms with Crippen LogP contribution in [0.3, 0.4) is 0 Å². The van der Waals surface area contributed by atoms with Gasteiger partial charge < -0.3 is 4.74 Å². The van der Waals surface area contributed by atoms with Gasteiger partial charge in [0.1, 0.15) is 0 Å². The first-order chi connectivity index (χ1) is 7.20. The molecule has 0 saturated heterocycles. The number of nitrogens with zero attached hydrogens (tertiary/aromatic N) is 2. The fourth-order valence-corrected chi connectivity index (χ4v) is 2.01. The van der Waals surface area contributed by atoms with E-state index in [1.54, 1.807) is 0 Å². The Bertz CT molecular complexity index is 404. The molecule has 15 heavy (non-hydrogen) atoms. The zero-order valence-corrected chi connectivity index (χ0v) is 9.88. The summed E-state index contributed by atoms with van der Waals surface area (Å²) in [5, 5.41) is 0. The van der Waals surface area contributed by atoms with Crippen LogP contribution in [-0.2, 0) is 17.8 Å². The fourth-order valence-electron chi connectivity index (χ4n) is 1.25. The lowest BCUT2D eigenvalue weighted by atomic mass is 10.4. The van der Waals surface area contributed by atoms with E-state index >= 15 is 0 Å². The molecule has 1 aromatic heterocycles. The Morgan fingerprint density at radius 1 is 1.33 bits per heavy atom. The minimum Gasteiger partial charge on any atom is -0.382 e. The molecule has 0 atom stereocenters. The van der Waals surface area contributed by atoms with Crippen molar-refractivity contribution in [2.45, 2.75) is 33.4 Å². The molecule has 0 N–H and O–H groups in total. The lowest BCUT2D eigenvalue weighted by Gasteiger charge is -2.00. The second-order valence-corrected chi connectivity index (χ2v) is 4.01. The van der Waals surface area contributed by atoms with Crippen molar-refractivity contribution in [2.75, 3.05) is 13.2 Å². The minimum atomic E-state index is -0.205. The largest absolute Gasteiger partial charge is 0.382 e. The SMILES string of the molecule is CCOCCCn1c(=O)sn(CC)c1=O. The van der Waals surface area contributed by atoms with E-state index in [9.17, 15) is 9.59 Å². The van der Waals surface area contributed by atoms with Crippen LogP contribution in [0.4, 0.5) is 0 Å². The molecule has 0 spiro atoms. The molecular weight excluding hydrogens is 216 g/mol. The average Bonchev–Trinajstić information content (AvgIpc) is 2.50. The Labute approximate surface area is 92.1 Å². The van der Waals surface area contributed by atoms with E-state index in [-0.39, 0.29) is 10.6 Å². The van der Waals surface area contributed by atoms with Crippen molar-refractivity contribution in [2.24, 2.45) is 0 Å². The van der Waals surface area contributed by atoms with Gasteiger partial charge in [-0.25, -0.2) is 13.3 Å². The van der Waals surface area contributed by atoms with Gasteiger partial charge in [0.15, 0.2) is 0 Å². The molecule has 0 amide bonds. The standard InChI is InChI=1S/C9H16N2O3S/c1-3-11-8(12)10(9(13)15-11)6-5-7-14-4-2/h3-7H2,1-2H3. The summed E-state index contributed by atoms with van der Waals surface area (Å²) in [6.45, 7) is 6.02. The van der Waals surface area contributed by atoms with Crippen LogP contribution in [0.2, 0.25) is 0 Å². The maximum Gasteiger partial charge on any atom is 0.341 e. The van der Waals surface area contributed by atoms with Gasteiger partial charge in [-0.2, -0.15) is 0 Å². The first-order valence-electron chi connectivity index (χ1n) is 5.09. The Kier molecular flexibility index (Phi) is 4.77. The van der Waals surface area contributed by atoms with E-state index in [0.29, 0.717) is 32.7 Å². The van der Waals surface area contributed by atoms with Crippen molar-refractivity contribution in [3.8, 4) is 0 Å². The van der Waals surface area contributed by atoms with E-state index in [0.717, 1.165) is 11.5 Å². The molecule has 0 bridgehead atoms. The van der Waals surface area contributed by atoms with Gasteiger partial charge in [0, 0.05) is 37.8 Å². The lowest BCUT2D eigenvalue weighted by Crippen LogP contribution is -2.29. The van der Waals surface area contributed by atoms with E-state index in [2.05, 4.69) is 0 Å². The molecule has 0 aliphatic carbocycles. The molecule has 0 fully saturated rings. The molecule has 1 aromatic rings. The number of aromatic nitrogens is 2. The maximum atomic E-state index is 11.6. The first kappa shape index (κ1) is 12.2. The number of rotatable bonds is 6. The van der Waals surface area contributed by atoms with Gasteiger partial charge >= 0.3 is 10.6 Å². The van der Waals surface area contributed by atoms with Gasteiger partial charge in [-0.3, -0.25) is 4.79 Å². The summed E-state index contributed by atoms with van der Waals surface area (Å²) in [6.07, 6.45) is 0.698. The molecule has 6 heteroatoms. The van der Waals surface area contributed by atoms with E-state index in [1.165, 1.54) is 8.52 Å². The van der Waals surface area contributed by atoms with Crippen LogP contribution < -0.4 is 10.6 Å². The van der Waals surface area contributed by atoms with Crippen molar-refractivity contribution in [3.63, 3.8) is 0 Å². The second-order valence-electron chi connectivity index (χ2n) is 3.04. The number of hydrogen-bond donors (Lipinski definition) is 0. The topological polar surface area (TPSA) is 53.2 Å². The first-order valence-corrected chi connectivity index (χ1v) is 5.86. The van der Waals surface area contributed by atoms with Crippen LogP contribution in [0, 0.1) is 0 Å². The molecule has 0 aromatic carbocycles. The van der Waals surface area contributed by atoms with Crippen LogP contribution in [0.25, 0.3) is 0 Å². The van der Waals surface area contributed by atoms with Crippen molar-refractivity contribution in [1.29, 1.82) is 0 Å². The summed E-state index contributed by atoms with van der Waals surface area (Å²) < 4.78 is 7.88. The molecule has 0 unspecified atom stereocenters. The summed E-state index contributed by atoms with van der Waals surface area (Å²) in [5.41, 5.74) is -0.205. The predicted molar refractivity (Wildman–Crippen MR) is 59.6 cm³/mol. The molecule has 0 saturated carbocycles. The molecule has 86 valence electrons. The molecule has 0 aliphatic rings. The lowest BCUT2D eigenvalue weighted by molar-refractivity contribution is 0.141. The highest BCUT2D eigenvalue weighted by Crippen LogP contribution is 1.89. The third kappa shape index (κ3) is 3.04. The average molecular weight is 232 g/mol. The van der Waals surface area contributed by atoms with E-state index in [4.69, 9.17) is 4.74 Å². The third-order valence-electron chi connectivity index (χ3n) is 2.01. The van der Waals surface area contributed by atoms with Crippen LogP contribution >= 0.6 is 11.5 Å². The normalized spacial score (nSPS) is 10.8. The highest BCUT2D eigenvalue weighted by atomic mass is 32.1. The van der Waals surface area contributed by atoms with Gasteiger partial charge in [0.25, 0.3) is 0 Å². The Morgan fingerprint density at radius 2 is 2.07 bits per heavy atom. The van der Waals surface area contributed by atoms with Crippen molar-refractivity contribution in [3.05, 3.63) is 20.2 Å². The predicted octanol–water partition coefficient (Wildman–Crippen LogP) is 0.518. The number of hydrogen-bond acceptors (Lipinski definition) is 4. The van der Waals surface area contributed by atoms with Crippen molar-refractivity contribution >= 4 is 11.5 Å². The third-order valence-corrected chi connectivity index (χ3v) is 3.03. The van der Waals surface area contributed by atoms with Crippen molar-refractivity contribution in [1.82, 2.24) is 8.52 Å². The zero-order chi connectivity index (χ0) is 11.3. The van der Waals surface area contributed by atoms with Crippen LogP contribution in [-0.4, -0.2) is 21.7 Å². The highest BCUT2D eigenvalue weighted by molar-refractivity contribution is 7.03. The molecule has 0 aliphatic heterocycles. The summed E-state index contributed by atoms with van der Waals surface area (Å²) in [7, 11) is 0. The zero-order valence-electron chi connectivity index (χ0n) is 9.06. The smallest absolute Gasteiger partial charge is 0.341 e. The maximum absolute atomic E-state index is 11.6. The Morgan fingerprint density at radius 3 is 2.60 bits per heavy atom. The van der Waals surface area contributed by atoms with Crippen LogP contribution in [0.15, 0.2) is 9.59 Å². The Hall–Kier alpha value is -0.880. The fraction of sp³-hybridized carbons (Fsp3) is 0.778. The van der Waals surface area contributed by atoms with E-state index < -0.39 is 0 Å². The number of aryl methyl sites for hydroxylation is 1. The summed E-state index contributed by atoms with van der Waals surface area (Å²) >= 11 is 0.976. The summed E-state index contributed by atoms with van der Waals surface area (Å²) in [6, 6.07) is 0. The van der Waals surface area contributed by atoms with Gasteiger partial charge in [-0.1, -0.05) is 0 Å². The van der Waals surface area contributed by atoms with Gasteiger partial charge in [-0.05, 0) is 20.3 Å². The monoisotopic (exact) mass is 232 g/mol. The minimum absolute atomic E-state index is 0.182. The second kappa shape index (κ2) is 5.87. The molecule has 5 nitrogen and oxygen atoms in total. The molecular formula is C9H16N2O3S. The summed E-state index contributed by atoms with van der Waals surface area (Å²) in [5.74, 6) is 0.